The second kappa shape index (κ2) is 5.58. The van der Waals surface area contributed by atoms with Crippen LogP contribution in [0.3, 0.4) is 0 Å². The van der Waals surface area contributed by atoms with Gasteiger partial charge >= 0.3 is 0 Å². The van der Waals surface area contributed by atoms with E-state index in [-0.39, 0.29) is 5.69 Å². The van der Waals surface area contributed by atoms with Gasteiger partial charge in [0.05, 0.1) is 0 Å². The molecule has 0 radical (unpaired) electrons. The predicted octanol–water partition coefficient (Wildman–Crippen LogP) is 0.129. The Morgan fingerprint density at radius 1 is 1.35 bits per heavy atom. The molecule has 1 aromatic heterocycles. The van der Waals surface area contributed by atoms with Crippen molar-refractivity contribution in [3.63, 3.8) is 0 Å². The number of nitrogens with zero attached hydrogens (tertiary/aromatic N) is 2. The van der Waals surface area contributed by atoms with Crippen molar-refractivity contribution < 1.29 is 4.79 Å². The summed E-state index contributed by atoms with van der Waals surface area (Å²) in [6.07, 6.45) is 3.34. The molecule has 0 aliphatic carbocycles. The van der Waals surface area contributed by atoms with Gasteiger partial charge < -0.3 is 16.4 Å². The summed E-state index contributed by atoms with van der Waals surface area (Å²) in [4.78, 5) is 10.8. The van der Waals surface area contributed by atoms with Crippen molar-refractivity contribution in [1.82, 2.24) is 15.5 Å². The van der Waals surface area contributed by atoms with Crippen LogP contribution in [0.5, 0.6) is 0 Å². The highest BCUT2D eigenvalue weighted by atomic mass is 16.1. The van der Waals surface area contributed by atoms with E-state index in [2.05, 4.69) is 20.8 Å². The van der Waals surface area contributed by atoms with Gasteiger partial charge in [0.1, 0.15) is 5.82 Å². The average molecular weight is 235 g/mol. The second-order valence-corrected chi connectivity index (χ2v) is 4.19. The lowest BCUT2D eigenvalue weighted by Gasteiger charge is -2.15. The number of nitrogens with one attached hydrogen (secondary N) is 2. The van der Waals surface area contributed by atoms with Gasteiger partial charge in [0.2, 0.25) is 0 Å². The van der Waals surface area contributed by atoms with Crippen molar-refractivity contribution in [2.75, 3.05) is 18.4 Å². The number of primary amides is 1. The molecule has 6 heteroatoms. The van der Waals surface area contributed by atoms with Crippen molar-refractivity contribution in [1.29, 1.82) is 0 Å². The maximum Gasteiger partial charge on any atom is 0.269 e. The minimum absolute atomic E-state index is 0.193. The summed E-state index contributed by atoms with van der Waals surface area (Å²) in [7, 11) is 0. The number of aromatic nitrogens is 2. The molecule has 1 aromatic rings. The van der Waals surface area contributed by atoms with Gasteiger partial charge in [0, 0.05) is 6.04 Å². The maximum atomic E-state index is 10.8. The lowest BCUT2D eigenvalue weighted by molar-refractivity contribution is 0.0994. The summed E-state index contributed by atoms with van der Waals surface area (Å²) < 4.78 is 0. The van der Waals surface area contributed by atoms with Crippen LogP contribution < -0.4 is 16.4 Å². The summed E-state index contributed by atoms with van der Waals surface area (Å²) in [6.45, 7) is 2.09. The summed E-state index contributed by atoms with van der Waals surface area (Å²) in [5.41, 5.74) is 5.29. The first-order valence-electron chi connectivity index (χ1n) is 5.86. The summed E-state index contributed by atoms with van der Waals surface area (Å²) >= 11 is 0. The van der Waals surface area contributed by atoms with Crippen LogP contribution in [-0.4, -0.2) is 35.2 Å². The maximum absolute atomic E-state index is 10.8. The molecule has 1 atom stereocenters. The molecule has 4 N–H and O–H groups in total. The van der Waals surface area contributed by atoms with Crippen LogP contribution in [0.25, 0.3) is 0 Å². The number of hydrogen-bond donors (Lipinski definition) is 3. The van der Waals surface area contributed by atoms with E-state index in [4.69, 9.17) is 5.73 Å². The number of carbonyl (C=O) groups is 1. The number of anilines is 1. The number of amides is 1. The molecule has 0 aromatic carbocycles. The average Bonchev–Trinajstić information content (AvgIpc) is 2.58. The van der Waals surface area contributed by atoms with Crippen molar-refractivity contribution in [3.8, 4) is 0 Å². The van der Waals surface area contributed by atoms with Crippen LogP contribution in [0.2, 0.25) is 0 Å². The summed E-state index contributed by atoms with van der Waals surface area (Å²) in [5.74, 6) is 0.143. The third kappa shape index (κ3) is 3.39. The number of rotatable bonds is 3. The van der Waals surface area contributed by atoms with Gasteiger partial charge in [-0.1, -0.05) is 0 Å². The fourth-order valence-corrected chi connectivity index (χ4v) is 1.91. The molecule has 17 heavy (non-hydrogen) atoms. The highest BCUT2D eigenvalue weighted by Gasteiger charge is 2.12. The Bertz CT molecular complexity index is 370. The third-order valence-corrected chi connectivity index (χ3v) is 2.84. The van der Waals surface area contributed by atoms with Crippen molar-refractivity contribution in [2.45, 2.75) is 25.3 Å². The first-order chi connectivity index (χ1) is 8.25. The Kier molecular flexibility index (Phi) is 3.87. The number of hydrogen-bond acceptors (Lipinski definition) is 5. The highest BCUT2D eigenvalue weighted by Crippen LogP contribution is 2.11. The molecular weight excluding hydrogens is 218 g/mol. The Balaban J connectivity index is 1.95. The molecule has 1 saturated heterocycles. The Labute approximate surface area is 100.0 Å². The van der Waals surface area contributed by atoms with Gasteiger partial charge in [0.15, 0.2) is 5.69 Å². The lowest BCUT2D eigenvalue weighted by atomic mass is 10.1. The van der Waals surface area contributed by atoms with Crippen molar-refractivity contribution >= 4 is 11.7 Å². The molecule has 0 bridgehead atoms. The SMILES string of the molecule is NC(=O)c1ccc(NC2CCCNCC2)nn1. The Hall–Kier alpha value is -1.69. The first-order valence-corrected chi connectivity index (χ1v) is 5.86. The minimum atomic E-state index is -0.553. The van der Waals surface area contributed by atoms with Crippen LogP contribution in [0.1, 0.15) is 29.8 Å². The molecule has 0 spiro atoms. The Morgan fingerprint density at radius 3 is 2.94 bits per heavy atom. The van der Waals surface area contributed by atoms with Crippen LogP contribution >= 0.6 is 0 Å². The molecular formula is C11H17N5O. The van der Waals surface area contributed by atoms with Gasteiger partial charge in [-0.05, 0) is 44.5 Å². The summed E-state index contributed by atoms with van der Waals surface area (Å²) in [5, 5.41) is 14.4. The molecule has 1 fully saturated rings. The largest absolute Gasteiger partial charge is 0.366 e. The molecule has 1 unspecified atom stereocenters. The van der Waals surface area contributed by atoms with Crippen LogP contribution in [0.15, 0.2) is 12.1 Å². The molecule has 2 rings (SSSR count). The normalized spacial score (nSPS) is 20.6. The van der Waals surface area contributed by atoms with E-state index in [0.717, 1.165) is 32.4 Å². The number of nitrogens with two attached hydrogens (primary N) is 1. The van der Waals surface area contributed by atoms with E-state index in [9.17, 15) is 4.79 Å². The topological polar surface area (TPSA) is 92.9 Å². The van der Waals surface area contributed by atoms with Crippen LogP contribution in [0, 0.1) is 0 Å². The molecule has 92 valence electrons. The van der Waals surface area contributed by atoms with E-state index in [1.165, 1.54) is 0 Å². The van der Waals surface area contributed by atoms with E-state index in [1.807, 2.05) is 0 Å². The molecule has 1 amide bonds. The van der Waals surface area contributed by atoms with E-state index in [0.29, 0.717) is 11.9 Å². The fourth-order valence-electron chi connectivity index (χ4n) is 1.91. The zero-order valence-corrected chi connectivity index (χ0v) is 9.65. The second-order valence-electron chi connectivity index (χ2n) is 4.19. The van der Waals surface area contributed by atoms with Gasteiger partial charge in [-0.2, -0.15) is 0 Å². The zero-order chi connectivity index (χ0) is 12.1. The minimum Gasteiger partial charge on any atom is -0.366 e. The van der Waals surface area contributed by atoms with E-state index in [1.54, 1.807) is 12.1 Å². The zero-order valence-electron chi connectivity index (χ0n) is 9.65. The van der Waals surface area contributed by atoms with Crippen molar-refractivity contribution in [3.05, 3.63) is 17.8 Å². The Morgan fingerprint density at radius 2 is 2.24 bits per heavy atom. The van der Waals surface area contributed by atoms with Gasteiger partial charge in [-0.3, -0.25) is 4.79 Å². The molecule has 1 aliphatic rings. The summed E-state index contributed by atoms with van der Waals surface area (Å²) in [6, 6.07) is 3.75. The van der Waals surface area contributed by atoms with E-state index < -0.39 is 5.91 Å². The van der Waals surface area contributed by atoms with Gasteiger partial charge in [0.25, 0.3) is 5.91 Å². The quantitative estimate of drug-likeness (QED) is 0.692. The predicted molar refractivity (Wildman–Crippen MR) is 64.7 cm³/mol. The third-order valence-electron chi connectivity index (χ3n) is 2.84. The van der Waals surface area contributed by atoms with E-state index >= 15 is 0 Å². The fraction of sp³-hybridized carbons (Fsp3) is 0.545. The molecule has 0 saturated carbocycles. The van der Waals surface area contributed by atoms with Crippen LogP contribution in [0.4, 0.5) is 5.82 Å². The smallest absolute Gasteiger partial charge is 0.269 e. The highest BCUT2D eigenvalue weighted by molar-refractivity contribution is 5.90. The number of carbonyl (C=O) groups excluding carboxylic acids is 1. The first kappa shape index (κ1) is 11.8. The standard InChI is InChI=1S/C11H17N5O/c12-11(17)9-3-4-10(16-15-9)14-8-2-1-6-13-7-5-8/h3-4,8,13H,1-2,5-7H2,(H2,12,17)(H,14,16). The van der Waals surface area contributed by atoms with Crippen molar-refractivity contribution in [2.24, 2.45) is 5.73 Å². The molecule has 6 nitrogen and oxygen atoms in total. The lowest BCUT2D eigenvalue weighted by Crippen LogP contribution is -2.22. The molecule has 2 heterocycles. The van der Waals surface area contributed by atoms with Crippen LogP contribution in [-0.2, 0) is 0 Å². The van der Waals surface area contributed by atoms with Gasteiger partial charge in [-0.15, -0.1) is 10.2 Å². The monoisotopic (exact) mass is 235 g/mol. The van der Waals surface area contributed by atoms with Gasteiger partial charge in [-0.25, -0.2) is 0 Å². The molecule has 1 aliphatic heterocycles.